The number of benzene rings is 6. The van der Waals surface area contributed by atoms with E-state index in [4.69, 9.17) is 9.97 Å². The summed E-state index contributed by atoms with van der Waals surface area (Å²) in [7, 11) is 0. The number of hydrogen-bond donors (Lipinski definition) is 0. The molecule has 0 amide bonds. The smallest absolute Gasteiger partial charge is 0.235 e. The third kappa shape index (κ3) is 3.44. The first-order chi connectivity index (χ1) is 21.1. The molecule has 1 aliphatic heterocycles. The van der Waals surface area contributed by atoms with Crippen LogP contribution in [0.5, 0.6) is 0 Å². The standard InChI is InChI=1S/C39H27N3S/c1-39(2)29-20-10-13-23-32(29)43-37-34(39)26-17-7-6-16-25(26)33-28-19-9-12-22-31(28)42(36(33)37)38-40-30-21-11-8-18-27(30)35(41-38)24-14-4-3-5-15-24/h3-23H,1-2H3. The molecule has 0 spiro atoms. The average Bonchev–Trinajstić information content (AvgIpc) is 3.40. The minimum absolute atomic E-state index is 0.189. The fourth-order valence-electron chi connectivity index (χ4n) is 7.11. The van der Waals surface area contributed by atoms with Crippen LogP contribution in [0.3, 0.4) is 0 Å². The summed E-state index contributed by atoms with van der Waals surface area (Å²) in [4.78, 5) is 13.2. The highest BCUT2D eigenvalue weighted by molar-refractivity contribution is 7.99. The summed E-state index contributed by atoms with van der Waals surface area (Å²) in [5.74, 6) is 0.693. The van der Waals surface area contributed by atoms with Crippen LogP contribution < -0.4 is 0 Å². The minimum atomic E-state index is -0.189. The fraction of sp³-hybridized carbons (Fsp3) is 0.0769. The lowest BCUT2D eigenvalue weighted by atomic mass is 9.75. The van der Waals surface area contributed by atoms with Gasteiger partial charge in [-0.2, -0.15) is 0 Å². The van der Waals surface area contributed by atoms with Crippen molar-refractivity contribution in [1.29, 1.82) is 0 Å². The highest BCUT2D eigenvalue weighted by Gasteiger charge is 2.37. The van der Waals surface area contributed by atoms with Gasteiger partial charge < -0.3 is 0 Å². The maximum absolute atomic E-state index is 5.37. The quantitative estimate of drug-likeness (QED) is 0.207. The van der Waals surface area contributed by atoms with Crippen molar-refractivity contribution in [2.45, 2.75) is 29.1 Å². The molecule has 0 aliphatic carbocycles. The van der Waals surface area contributed by atoms with Gasteiger partial charge in [-0.1, -0.05) is 135 Å². The molecule has 0 N–H and O–H groups in total. The van der Waals surface area contributed by atoms with Gasteiger partial charge in [0.2, 0.25) is 5.95 Å². The highest BCUT2D eigenvalue weighted by atomic mass is 32.2. The topological polar surface area (TPSA) is 30.7 Å². The molecule has 0 atom stereocenters. The molecule has 0 unspecified atom stereocenters. The van der Waals surface area contributed by atoms with Crippen LogP contribution in [0.25, 0.3) is 60.7 Å². The fourth-order valence-corrected chi connectivity index (χ4v) is 8.67. The predicted octanol–water partition coefficient (Wildman–Crippen LogP) is 10.3. The molecular formula is C39H27N3S. The molecule has 4 heteroatoms. The van der Waals surface area contributed by atoms with Gasteiger partial charge in [0.1, 0.15) is 0 Å². The van der Waals surface area contributed by atoms with E-state index in [0.717, 1.165) is 27.7 Å². The van der Waals surface area contributed by atoms with Crippen LogP contribution in [-0.4, -0.2) is 14.5 Å². The van der Waals surface area contributed by atoms with Crippen molar-refractivity contribution in [1.82, 2.24) is 14.5 Å². The van der Waals surface area contributed by atoms with Crippen LogP contribution >= 0.6 is 11.8 Å². The van der Waals surface area contributed by atoms with Crippen LogP contribution in [0.2, 0.25) is 0 Å². The van der Waals surface area contributed by atoms with Gasteiger partial charge in [-0.3, -0.25) is 4.57 Å². The molecule has 6 aromatic carbocycles. The Labute approximate surface area is 253 Å². The summed E-state index contributed by atoms with van der Waals surface area (Å²) in [6.45, 7) is 4.74. The Bertz CT molecular complexity index is 2400. The van der Waals surface area contributed by atoms with Crippen LogP contribution in [-0.2, 0) is 5.41 Å². The second-order valence-electron chi connectivity index (χ2n) is 11.8. The van der Waals surface area contributed by atoms with E-state index in [1.807, 2.05) is 11.8 Å². The average molecular weight is 570 g/mol. The first kappa shape index (κ1) is 24.6. The molecule has 204 valence electrons. The number of fused-ring (bicyclic) bond motifs is 10. The van der Waals surface area contributed by atoms with Crippen LogP contribution in [0, 0.1) is 0 Å². The molecule has 0 saturated carbocycles. The zero-order valence-corrected chi connectivity index (χ0v) is 24.7. The third-order valence-corrected chi connectivity index (χ3v) is 10.2. The molecule has 43 heavy (non-hydrogen) atoms. The molecule has 0 saturated heterocycles. The highest BCUT2D eigenvalue weighted by Crippen LogP contribution is 2.55. The monoisotopic (exact) mass is 569 g/mol. The Morgan fingerprint density at radius 3 is 2.09 bits per heavy atom. The number of aromatic nitrogens is 3. The van der Waals surface area contributed by atoms with E-state index in [0.29, 0.717) is 5.95 Å². The molecule has 9 rings (SSSR count). The first-order valence-corrected chi connectivity index (χ1v) is 15.5. The number of para-hydroxylation sites is 2. The van der Waals surface area contributed by atoms with E-state index in [2.05, 4.69) is 146 Å². The van der Waals surface area contributed by atoms with Crippen molar-refractivity contribution < 1.29 is 0 Å². The van der Waals surface area contributed by atoms with Crippen molar-refractivity contribution in [2.24, 2.45) is 0 Å². The molecule has 3 heterocycles. The molecule has 0 bridgehead atoms. The lowest BCUT2D eigenvalue weighted by molar-refractivity contribution is 0.615. The molecule has 2 aromatic heterocycles. The molecule has 0 fully saturated rings. The van der Waals surface area contributed by atoms with E-state index in [-0.39, 0.29) is 5.41 Å². The number of hydrogen-bond acceptors (Lipinski definition) is 3. The van der Waals surface area contributed by atoms with Gasteiger partial charge >= 0.3 is 0 Å². The van der Waals surface area contributed by atoms with Crippen molar-refractivity contribution in [2.75, 3.05) is 0 Å². The van der Waals surface area contributed by atoms with Crippen molar-refractivity contribution in [3.05, 3.63) is 139 Å². The van der Waals surface area contributed by atoms with Crippen molar-refractivity contribution in [3.8, 4) is 17.2 Å². The van der Waals surface area contributed by atoms with E-state index in [1.54, 1.807) is 0 Å². The lowest BCUT2D eigenvalue weighted by Crippen LogP contribution is -2.24. The van der Waals surface area contributed by atoms with Gasteiger partial charge in [-0.05, 0) is 40.1 Å². The molecule has 1 aliphatic rings. The summed E-state index contributed by atoms with van der Waals surface area (Å²) in [6, 6.07) is 45.3. The number of nitrogens with zero attached hydrogens (tertiary/aromatic N) is 3. The third-order valence-electron chi connectivity index (χ3n) is 9.02. The first-order valence-electron chi connectivity index (χ1n) is 14.7. The summed E-state index contributed by atoms with van der Waals surface area (Å²) in [6.07, 6.45) is 0. The Kier molecular flexibility index (Phi) is 5.18. The largest absolute Gasteiger partial charge is 0.277 e. The molecule has 3 nitrogen and oxygen atoms in total. The zero-order valence-electron chi connectivity index (χ0n) is 23.9. The Hall–Kier alpha value is -4.93. The van der Waals surface area contributed by atoms with Gasteiger partial charge in [-0.25, -0.2) is 9.97 Å². The summed E-state index contributed by atoms with van der Waals surface area (Å²) in [5, 5.41) is 6.10. The molecule has 8 aromatic rings. The van der Waals surface area contributed by atoms with Gasteiger partial charge in [0.05, 0.1) is 22.2 Å². The Morgan fingerprint density at radius 2 is 1.26 bits per heavy atom. The summed E-state index contributed by atoms with van der Waals surface area (Å²) >= 11 is 1.88. The second-order valence-corrected chi connectivity index (χ2v) is 12.9. The maximum Gasteiger partial charge on any atom is 0.235 e. The van der Waals surface area contributed by atoms with Gasteiger partial charge in [0.15, 0.2) is 0 Å². The van der Waals surface area contributed by atoms with Crippen LogP contribution in [0.15, 0.2) is 137 Å². The summed E-state index contributed by atoms with van der Waals surface area (Å²) < 4.78 is 2.33. The van der Waals surface area contributed by atoms with E-state index in [9.17, 15) is 0 Å². The lowest BCUT2D eigenvalue weighted by Gasteiger charge is -2.36. The molecule has 0 radical (unpaired) electrons. The number of rotatable bonds is 2. The van der Waals surface area contributed by atoms with Crippen LogP contribution in [0.1, 0.15) is 25.0 Å². The zero-order chi connectivity index (χ0) is 28.7. The Morgan fingerprint density at radius 1 is 0.605 bits per heavy atom. The summed E-state index contributed by atoms with van der Waals surface area (Å²) in [5.41, 5.74) is 7.80. The SMILES string of the molecule is CC1(C)c2ccccc2Sc2c1c1ccccc1c1c3ccccc3n(-c3nc(-c4ccccc4)c4ccccc4n3)c21. The predicted molar refractivity (Wildman–Crippen MR) is 180 cm³/mol. The van der Waals surface area contributed by atoms with Gasteiger partial charge in [0, 0.05) is 36.9 Å². The van der Waals surface area contributed by atoms with Crippen molar-refractivity contribution in [3.63, 3.8) is 0 Å². The normalized spacial score (nSPS) is 13.9. The van der Waals surface area contributed by atoms with E-state index in [1.165, 1.54) is 48.0 Å². The van der Waals surface area contributed by atoms with Gasteiger partial charge in [-0.15, -0.1) is 0 Å². The Balaban J connectivity index is 1.50. The minimum Gasteiger partial charge on any atom is -0.277 e. The van der Waals surface area contributed by atoms with E-state index < -0.39 is 0 Å². The second kappa shape index (κ2) is 9.03. The molecular weight excluding hydrogens is 543 g/mol. The van der Waals surface area contributed by atoms with E-state index >= 15 is 0 Å². The van der Waals surface area contributed by atoms with Crippen molar-refractivity contribution >= 4 is 55.2 Å². The van der Waals surface area contributed by atoms with Gasteiger partial charge in [0.25, 0.3) is 0 Å². The maximum atomic E-state index is 5.37. The van der Waals surface area contributed by atoms with Crippen LogP contribution in [0.4, 0.5) is 0 Å².